The number of aliphatic imine (C=N–C) groups is 2. The van der Waals surface area contributed by atoms with E-state index in [1.807, 2.05) is 0 Å². The highest BCUT2D eigenvalue weighted by atomic mass is 32.2. The van der Waals surface area contributed by atoms with Crippen LogP contribution in [0, 0.1) is 0 Å². The molecule has 5 nitrogen and oxygen atoms in total. The molecule has 0 amide bonds. The summed E-state index contributed by atoms with van der Waals surface area (Å²) in [5.74, 6) is 1.17. The van der Waals surface area contributed by atoms with Gasteiger partial charge in [-0.1, -0.05) is 44.9 Å². The van der Waals surface area contributed by atoms with Crippen molar-refractivity contribution in [2.45, 2.75) is 70.6 Å². The van der Waals surface area contributed by atoms with E-state index in [9.17, 15) is 12.6 Å². The minimum Gasteiger partial charge on any atom is -0.260 e. The number of hydrogen-bond donors (Lipinski definition) is 0. The van der Waals surface area contributed by atoms with E-state index in [4.69, 9.17) is 0 Å². The Balaban J connectivity index is 0. The molecule has 0 radical (unpaired) electrons. The molecule has 0 spiro atoms. The van der Waals surface area contributed by atoms with Gasteiger partial charge >= 0.3 is 0 Å². The van der Waals surface area contributed by atoms with Crippen molar-refractivity contribution in [1.29, 1.82) is 0 Å². The summed E-state index contributed by atoms with van der Waals surface area (Å²) in [6.45, 7) is 1.57. The summed E-state index contributed by atoms with van der Waals surface area (Å²) < 4.78 is 32.3. The molecule has 0 bridgehead atoms. The van der Waals surface area contributed by atoms with Crippen LogP contribution in [0.1, 0.15) is 70.6 Å². The lowest BCUT2D eigenvalue weighted by molar-refractivity contribution is 0.590. The van der Waals surface area contributed by atoms with Crippen molar-refractivity contribution in [3.8, 4) is 0 Å². The third-order valence-electron chi connectivity index (χ3n) is 3.87. The number of rotatable bonds is 17. The zero-order valence-electron chi connectivity index (χ0n) is 17.4. The molecule has 0 saturated heterocycles. The Bertz CT molecular complexity index is 574. The largest absolute Gasteiger partial charge is 0.260 e. The molecule has 0 aliphatic rings. The summed E-state index contributed by atoms with van der Waals surface area (Å²) in [4.78, 5) is 7.65. The first-order valence-corrected chi connectivity index (χ1v) is 14.5. The normalized spacial score (nSPS) is 11.5. The molecule has 0 saturated carbocycles. The van der Waals surface area contributed by atoms with Gasteiger partial charge in [0.25, 0.3) is 0 Å². The highest BCUT2D eigenvalue weighted by Crippen LogP contribution is 2.06. The fourth-order valence-corrected chi connectivity index (χ4v) is 3.90. The van der Waals surface area contributed by atoms with Gasteiger partial charge in [-0.2, -0.15) is 0 Å². The van der Waals surface area contributed by atoms with Crippen molar-refractivity contribution in [1.82, 2.24) is 0 Å². The highest BCUT2D eigenvalue weighted by Gasteiger charge is 2.00. The predicted molar refractivity (Wildman–Crippen MR) is 129 cm³/mol. The van der Waals surface area contributed by atoms with E-state index in [-0.39, 0.29) is 0 Å². The summed E-state index contributed by atoms with van der Waals surface area (Å²) in [6.07, 6.45) is 15.1. The van der Waals surface area contributed by atoms with Crippen LogP contribution in [0.2, 0.25) is 0 Å². The summed E-state index contributed by atoms with van der Waals surface area (Å²) >= 11 is 8.90. The van der Waals surface area contributed by atoms with Gasteiger partial charge < -0.3 is 0 Å². The first kappa shape index (κ1) is 29.9. The number of sulfone groups is 1. The van der Waals surface area contributed by atoms with E-state index in [2.05, 4.69) is 44.7 Å². The van der Waals surface area contributed by atoms with Crippen molar-refractivity contribution in [3.05, 3.63) is 0 Å². The molecule has 1 atom stereocenters. The Morgan fingerprint density at radius 2 is 1.14 bits per heavy atom. The Hall–Kier alpha value is -0.300. The Labute approximate surface area is 185 Å². The topological polar surface area (TPSA) is 75.9 Å². The molecule has 0 aromatic heterocycles. The molecule has 164 valence electrons. The summed E-state index contributed by atoms with van der Waals surface area (Å²) in [5.41, 5.74) is 0. The highest BCUT2D eigenvalue weighted by molar-refractivity contribution is 7.90. The van der Waals surface area contributed by atoms with Crippen LogP contribution in [0.15, 0.2) is 9.98 Å². The average molecular weight is 469 g/mol. The minimum atomic E-state index is -2.77. The van der Waals surface area contributed by atoms with Crippen molar-refractivity contribution < 1.29 is 12.6 Å². The summed E-state index contributed by atoms with van der Waals surface area (Å²) in [6, 6.07) is 0. The standard InChI is InChI=1S/C10H19NOS2.C9H17NO2S2/c1-14(12)9-7-5-3-2-4-6-8-11-10-13;1-14(11,12)8-6-4-2-3-5-7-10-9-13/h2-9H2,1H3;2-8H2,1H3. The van der Waals surface area contributed by atoms with Crippen LogP contribution >= 0.6 is 24.4 Å². The molecule has 0 N–H and O–H groups in total. The smallest absolute Gasteiger partial charge is 0.147 e. The Kier molecular flexibility index (Phi) is 24.5. The van der Waals surface area contributed by atoms with Crippen molar-refractivity contribution in [3.63, 3.8) is 0 Å². The van der Waals surface area contributed by atoms with E-state index >= 15 is 0 Å². The predicted octanol–water partition coefficient (Wildman–Crippen LogP) is 4.89. The maximum absolute atomic E-state index is 10.8. The minimum absolute atomic E-state index is 0.311. The molecule has 0 rings (SSSR count). The van der Waals surface area contributed by atoms with Crippen molar-refractivity contribution >= 4 is 55.4 Å². The van der Waals surface area contributed by atoms with E-state index in [1.165, 1.54) is 31.9 Å². The van der Waals surface area contributed by atoms with E-state index in [0.717, 1.165) is 63.8 Å². The number of isothiocyanates is 2. The second-order valence-corrected chi connectivity index (χ2v) is 10.9. The Morgan fingerprint density at radius 1 is 0.750 bits per heavy atom. The van der Waals surface area contributed by atoms with Crippen LogP contribution in [0.3, 0.4) is 0 Å². The molecule has 0 aliphatic heterocycles. The molecule has 0 aliphatic carbocycles. The van der Waals surface area contributed by atoms with Crippen LogP contribution in [0.25, 0.3) is 0 Å². The van der Waals surface area contributed by atoms with Gasteiger partial charge in [0.1, 0.15) is 9.84 Å². The van der Waals surface area contributed by atoms with Gasteiger partial charge in [0, 0.05) is 47.9 Å². The van der Waals surface area contributed by atoms with Crippen LogP contribution < -0.4 is 0 Å². The molecule has 28 heavy (non-hydrogen) atoms. The lowest BCUT2D eigenvalue weighted by atomic mass is 10.1. The van der Waals surface area contributed by atoms with Gasteiger partial charge in [-0.3, -0.25) is 4.21 Å². The van der Waals surface area contributed by atoms with E-state index in [1.54, 1.807) is 6.26 Å². The lowest BCUT2D eigenvalue weighted by Crippen LogP contribution is -2.02. The fraction of sp³-hybridized carbons (Fsp3) is 0.895. The molecule has 0 heterocycles. The molecular formula is C19H36N2O3S4. The monoisotopic (exact) mass is 468 g/mol. The first-order valence-electron chi connectivity index (χ1n) is 9.88. The van der Waals surface area contributed by atoms with Gasteiger partial charge in [0.2, 0.25) is 0 Å². The second kappa shape index (κ2) is 23.0. The fourth-order valence-electron chi connectivity index (χ4n) is 2.38. The van der Waals surface area contributed by atoms with Gasteiger partial charge in [0.05, 0.1) is 10.3 Å². The Morgan fingerprint density at radius 3 is 1.54 bits per heavy atom. The molecule has 0 aromatic carbocycles. The summed E-state index contributed by atoms with van der Waals surface area (Å²) in [7, 11) is -3.38. The van der Waals surface area contributed by atoms with E-state index < -0.39 is 20.6 Å². The number of nitrogens with zero attached hydrogens (tertiary/aromatic N) is 2. The first-order chi connectivity index (χ1) is 13.3. The zero-order chi connectivity index (χ0) is 21.5. The molecular weight excluding hydrogens is 432 g/mol. The van der Waals surface area contributed by atoms with Crippen LogP contribution in [0.4, 0.5) is 0 Å². The van der Waals surface area contributed by atoms with Gasteiger partial charge in [0.15, 0.2) is 0 Å². The van der Waals surface area contributed by atoms with Crippen LogP contribution in [-0.4, -0.2) is 60.1 Å². The lowest BCUT2D eigenvalue weighted by Gasteiger charge is -1.99. The van der Waals surface area contributed by atoms with Crippen molar-refractivity contribution in [2.75, 3.05) is 37.1 Å². The maximum atomic E-state index is 10.8. The third kappa shape index (κ3) is 33.3. The molecule has 9 heteroatoms. The van der Waals surface area contributed by atoms with Gasteiger partial charge in [-0.15, -0.1) is 0 Å². The SMILES string of the molecule is CS(=O)(=O)CCCCCCCN=C=S.CS(=O)CCCCCCCCN=C=S. The maximum Gasteiger partial charge on any atom is 0.147 e. The molecule has 1 unspecified atom stereocenters. The number of unbranched alkanes of at least 4 members (excludes halogenated alkanes) is 9. The number of thiocarbonyl (C=S) groups is 2. The van der Waals surface area contributed by atoms with Crippen LogP contribution in [-0.2, 0) is 20.6 Å². The van der Waals surface area contributed by atoms with Gasteiger partial charge in [-0.05, 0) is 50.1 Å². The van der Waals surface area contributed by atoms with E-state index in [0.29, 0.717) is 5.75 Å². The number of hydrogen-bond acceptors (Lipinski definition) is 7. The second-order valence-electron chi connectivity index (χ2n) is 6.74. The molecule has 0 aromatic rings. The average Bonchev–Trinajstić information content (AvgIpc) is 2.62. The van der Waals surface area contributed by atoms with Gasteiger partial charge in [-0.25, -0.2) is 18.4 Å². The third-order valence-corrected chi connectivity index (χ3v) is 6.02. The van der Waals surface area contributed by atoms with Crippen LogP contribution in [0.5, 0.6) is 0 Å². The quantitative estimate of drug-likeness (QED) is 0.172. The van der Waals surface area contributed by atoms with Crippen molar-refractivity contribution in [2.24, 2.45) is 9.98 Å². The zero-order valence-corrected chi connectivity index (χ0v) is 20.6. The molecule has 0 fully saturated rings. The summed E-state index contributed by atoms with van der Waals surface area (Å²) in [5, 5.41) is 4.68.